The molecule has 2 unspecified atom stereocenters. The lowest BCUT2D eigenvalue weighted by atomic mass is 9.98. The number of aryl methyl sites for hydroxylation is 1. The maximum atomic E-state index is 9.57. The normalized spacial score (nSPS) is 26.6. The fraction of sp³-hybridized carbons (Fsp3) is 0.500. The van der Waals surface area contributed by atoms with Crippen LogP contribution in [0.25, 0.3) is 0 Å². The van der Waals surface area contributed by atoms with Crippen LogP contribution < -0.4 is 0 Å². The minimum Gasteiger partial charge on any atom is -0.393 e. The number of aliphatic hydroxyl groups is 1. The second-order valence-electron chi connectivity index (χ2n) is 4.10. The summed E-state index contributed by atoms with van der Waals surface area (Å²) in [7, 11) is 0. The lowest BCUT2D eigenvalue weighted by molar-refractivity contribution is -0.0448. The van der Waals surface area contributed by atoms with Gasteiger partial charge in [0.1, 0.15) is 0 Å². The van der Waals surface area contributed by atoms with Crippen molar-refractivity contribution < 1.29 is 9.84 Å². The lowest BCUT2D eigenvalue weighted by Gasteiger charge is -2.27. The van der Waals surface area contributed by atoms with Gasteiger partial charge in [0.05, 0.1) is 12.2 Å². The van der Waals surface area contributed by atoms with Crippen molar-refractivity contribution in [1.29, 1.82) is 0 Å². The topological polar surface area (TPSA) is 29.5 Å². The Bertz CT molecular complexity index is 331. The van der Waals surface area contributed by atoms with Gasteiger partial charge in [-0.2, -0.15) is 0 Å². The average molecular weight is 227 g/mol. The predicted molar refractivity (Wildman–Crippen MR) is 60.1 cm³/mol. The third-order valence-electron chi connectivity index (χ3n) is 2.69. The average Bonchev–Trinajstić information content (AvgIpc) is 2.16. The van der Waals surface area contributed by atoms with E-state index in [1.165, 1.54) is 0 Å². The molecule has 0 aromatic heterocycles. The Morgan fingerprint density at radius 3 is 2.87 bits per heavy atom. The highest BCUT2D eigenvalue weighted by atomic mass is 35.5. The number of benzene rings is 1. The molecule has 0 spiro atoms. The zero-order valence-electron chi connectivity index (χ0n) is 8.74. The van der Waals surface area contributed by atoms with Crippen molar-refractivity contribution in [3.63, 3.8) is 0 Å². The van der Waals surface area contributed by atoms with Crippen LogP contribution >= 0.6 is 11.6 Å². The van der Waals surface area contributed by atoms with Gasteiger partial charge in [0.15, 0.2) is 0 Å². The molecular formula is C12H15ClO2. The third-order valence-corrected chi connectivity index (χ3v) is 2.91. The van der Waals surface area contributed by atoms with Gasteiger partial charge in [-0.1, -0.05) is 17.7 Å². The summed E-state index contributed by atoms with van der Waals surface area (Å²) in [6.07, 6.45) is 1.14. The number of halogens is 1. The van der Waals surface area contributed by atoms with Crippen LogP contribution in [-0.2, 0) is 4.74 Å². The van der Waals surface area contributed by atoms with Crippen LogP contribution in [-0.4, -0.2) is 17.8 Å². The number of ether oxygens (including phenoxy) is 1. The van der Waals surface area contributed by atoms with Crippen LogP contribution in [0.3, 0.4) is 0 Å². The summed E-state index contributed by atoms with van der Waals surface area (Å²) < 4.78 is 5.63. The van der Waals surface area contributed by atoms with Crippen molar-refractivity contribution in [3.8, 4) is 0 Å². The first kappa shape index (κ1) is 10.9. The highest BCUT2D eigenvalue weighted by molar-refractivity contribution is 6.30. The zero-order chi connectivity index (χ0) is 10.8. The van der Waals surface area contributed by atoms with E-state index >= 15 is 0 Å². The SMILES string of the molecule is Cc1cc(Cl)cc(C2CC(O)CCO2)c1. The summed E-state index contributed by atoms with van der Waals surface area (Å²) >= 11 is 5.99. The van der Waals surface area contributed by atoms with Crippen molar-refractivity contribution in [2.75, 3.05) is 6.61 Å². The second-order valence-corrected chi connectivity index (χ2v) is 4.54. The van der Waals surface area contributed by atoms with E-state index in [0.717, 1.165) is 22.6 Å². The molecule has 1 saturated heterocycles. The molecule has 3 heteroatoms. The fourth-order valence-corrected chi connectivity index (χ4v) is 2.26. The monoisotopic (exact) mass is 226 g/mol. The standard InChI is InChI=1S/C12H15ClO2/c1-8-4-9(6-10(13)5-8)12-7-11(14)2-3-15-12/h4-6,11-12,14H,2-3,7H2,1H3. The van der Waals surface area contributed by atoms with Crippen molar-refractivity contribution in [2.45, 2.75) is 32.0 Å². The first-order valence-electron chi connectivity index (χ1n) is 5.22. The Morgan fingerprint density at radius 1 is 1.40 bits per heavy atom. The van der Waals surface area contributed by atoms with E-state index in [4.69, 9.17) is 16.3 Å². The van der Waals surface area contributed by atoms with Crippen LogP contribution in [0.2, 0.25) is 5.02 Å². The van der Waals surface area contributed by atoms with E-state index in [9.17, 15) is 5.11 Å². The van der Waals surface area contributed by atoms with Crippen LogP contribution in [0.5, 0.6) is 0 Å². The summed E-state index contributed by atoms with van der Waals surface area (Å²) in [4.78, 5) is 0. The molecule has 1 heterocycles. The van der Waals surface area contributed by atoms with Gasteiger partial charge in [-0.3, -0.25) is 0 Å². The van der Waals surface area contributed by atoms with Gasteiger partial charge in [0.2, 0.25) is 0 Å². The molecule has 82 valence electrons. The Kier molecular flexibility index (Phi) is 3.29. The van der Waals surface area contributed by atoms with Gasteiger partial charge < -0.3 is 9.84 Å². The first-order valence-corrected chi connectivity index (χ1v) is 5.59. The molecule has 2 rings (SSSR count). The Labute approximate surface area is 94.8 Å². The summed E-state index contributed by atoms with van der Waals surface area (Å²) in [5.74, 6) is 0. The van der Waals surface area contributed by atoms with E-state index in [0.29, 0.717) is 13.0 Å². The summed E-state index contributed by atoms with van der Waals surface area (Å²) in [6.45, 7) is 2.63. The molecule has 1 N–H and O–H groups in total. The van der Waals surface area contributed by atoms with Gasteiger partial charge in [-0.25, -0.2) is 0 Å². The molecule has 1 aliphatic heterocycles. The van der Waals surface area contributed by atoms with Crippen LogP contribution in [0.1, 0.15) is 30.1 Å². The molecule has 0 bridgehead atoms. The van der Waals surface area contributed by atoms with E-state index in [1.807, 2.05) is 19.1 Å². The van der Waals surface area contributed by atoms with Crippen molar-refractivity contribution in [1.82, 2.24) is 0 Å². The minimum atomic E-state index is -0.247. The van der Waals surface area contributed by atoms with Gasteiger partial charge in [0, 0.05) is 18.1 Å². The van der Waals surface area contributed by atoms with Gasteiger partial charge in [0.25, 0.3) is 0 Å². The van der Waals surface area contributed by atoms with Crippen molar-refractivity contribution in [2.24, 2.45) is 0 Å². The maximum Gasteiger partial charge on any atom is 0.0850 e. The third kappa shape index (κ3) is 2.71. The first-order chi connectivity index (χ1) is 7.15. The van der Waals surface area contributed by atoms with E-state index in [2.05, 4.69) is 6.07 Å². The van der Waals surface area contributed by atoms with Crippen molar-refractivity contribution >= 4 is 11.6 Å². The number of hydrogen-bond acceptors (Lipinski definition) is 2. The second kappa shape index (κ2) is 4.52. The lowest BCUT2D eigenvalue weighted by Crippen LogP contribution is -2.23. The molecule has 2 atom stereocenters. The number of rotatable bonds is 1. The summed E-state index contributed by atoms with van der Waals surface area (Å²) in [6, 6.07) is 5.90. The molecule has 1 aromatic carbocycles. The maximum absolute atomic E-state index is 9.57. The van der Waals surface area contributed by atoms with Gasteiger partial charge >= 0.3 is 0 Å². The Morgan fingerprint density at radius 2 is 2.20 bits per heavy atom. The summed E-state index contributed by atoms with van der Waals surface area (Å²) in [5.41, 5.74) is 2.19. The molecule has 0 aliphatic carbocycles. The summed E-state index contributed by atoms with van der Waals surface area (Å²) in [5, 5.41) is 10.3. The quantitative estimate of drug-likeness (QED) is 0.798. The molecule has 0 radical (unpaired) electrons. The van der Waals surface area contributed by atoms with Gasteiger partial charge in [-0.05, 0) is 36.6 Å². The van der Waals surface area contributed by atoms with E-state index in [1.54, 1.807) is 0 Å². The zero-order valence-corrected chi connectivity index (χ0v) is 9.50. The predicted octanol–water partition coefficient (Wildman–Crippen LogP) is 2.86. The van der Waals surface area contributed by atoms with E-state index in [-0.39, 0.29) is 12.2 Å². The molecule has 15 heavy (non-hydrogen) atoms. The molecule has 1 aromatic rings. The number of aliphatic hydroxyl groups excluding tert-OH is 1. The van der Waals surface area contributed by atoms with Crippen LogP contribution in [0, 0.1) is 6.92 Å². The van der Waals surface area contributed by atoms with E-state index < -0.39 is 0 Å². The highest BCUT2D eigenvalue weighted by Crippen LogP contribution is 2.30. The molecule has 1 aliphatic rings. The van der Waals surface area contributed by atoms with Crippen LogP contribution in [0.15, 0.2) is 18.2 Å². The molecule has 2 nitrogen and oxygen atoms in total. The van der Waals surface area contributed by atoms with Crippen molar-refractivity contribution in [3.05, 3.63) is 34.3 Å². The molecular weight excluding hydrogens is 212 g/mol. The minimum absolute atomic E-state index is 0.00819. The number of hydrogen-bond donors (Lipinski definition) is 1. The molecule has 1 fully saturated rings. The smallest absolute Gasteiger partial charge is 0.0850 e. The molecule has 0 saturated carbocycles. The molecule has 0 amide bonds. The fourth-order valence-electron chi connectivity index (χ4n) is 1.96. The van der Waals surface area contributed by atoms with Crippen LogP contribution in [0.4, 0.5) is 0 Å². The highest BCUT2D eigenvalue weighted by Gasteiger charge is 2.22. The Balaban J connectivity index is 2.20. The van der Waals surface area contributed by atoms with Gasteiger partial charge in [-0.15, -0.1) is 0 Å². The Hall–Kier alpha value is -0.570. The largest absolute Gasteiger partial charge is 0.393 e.